The van der Waals surface area contributed by atoms with Crippen molar-refractivity contribution in [2.24, 2.45) is 4.99 Å². The normalized spacial score (nSPS) is 20.5. The zero-order chi connectivity index (χ0) is 9.26. The number of H-pyrrole nitrogens is 1. The quantitative estimate of drug-likeness (QED) is 0.720. The fourth-order valence-corrected chi connectivity index (χ4v) is 1.31. The first-order chi connectivity index (χ1) is 6.31. The van der Waals surface area contributed by atoms with Crippen LogP contribution in [0.25, 0.3) is 0 Å². The summed E-state index contributed by atoms with van der Waals surface area (Å²) in [5.74, 6) is 1.64. The molecule has 1 atom stereocenters. The van der Waals surface area contributed by atoms with Gasteiger partial charge in [0.05, 0.1) is 6.33 Å². The van der Waals surface area contributed by atoms with E-state index in [1.807, 2.05) is 13.8 Å². The molecule has 1 aliphatic heterocycles. The number of hydrogen-bond acceptors (Lipinski definition) is 4. The molecule has 1 unspecified atom stereocenters. The van der Waals surface area contributed by atoms with Crippen molar-refractivity contribution < 1.29 is 4.74 Å². The number of nitrogens with one attached hydrogen (secondary N) is 2. The van der Waals surface area contributed by atoms with Crippen LogP contribution in [0.1, 0.15) is 25.8 Å². The minimum atomic E-state index is -0.233. The van der Waals surface area contributed by atoms with E-state index in [-0.39, 0.29) is 6.23 Å². The van der Waals surface area contributed by atoms with Gasteiger partial charge in [0, 0.05) is 6.61 Å². The number of hydrogen-bond donors (Lipinski definition) is 2. The molecule has 0 saturated carbocycles. The average Bonchev–Trinajstić information content (AvgIpc) is 2.52. The summed E-state index contributed by atoms with van der Waals surface area (Å²) in [4.78, 5) is 11.4. The number of aromatic amines is 1. The molecule has 1 aliphatic rings. The van der Waals surface area contributed by atoms with Gasteiger partial charge in [-0.3, -0.25) is 0 Å². The number of rotatable bonds is 2. The van der Waals surface area contributed by atoms with E-state index >= 15 is 0 Å². The molecule has 1 aromatic rings. The topological polar surface area (TPSA) is 62.3 Å². The van der Waals surface area contributed by atoms with Crippen LogP contribution in [0.2, 0.25) is 0 Å². The predicted octanol–water partition coefficient (Wildman–Crippen LogP) is 1.29. The second-order valence-electron chi connectivity index (χ2n) is 2.81. The summed E-state index contributed by atoms with van der Waals surface area (Å²) in [7, 11) is 0. The number of ether oxygens (including phenoxy) is 1. The zero-order valence-electron chi connectivity index (χ0n) is 7.66. The number of imidazole rings is 1. The zero-order valence-corrected chi connectivity index (χ0v) is 7.66. The molecule has 13 heavy (non-hydrogen) atoms. The molecule has 0 saturated heterocycles. The van der Waals surface area contributed by atoms with Crippen molar-refractivity contribution in [2.75, 3.05) is 11.9 Å². The van der Waals surface area contributed by atoms with Crippen LogP contribution in [-0.4, -0.2) is 22.4 Å². The Bertz CT molecular complexity index is 331. The van der Waals surface area contributed by atoms with Crippen molar-refractivity contribution in [3.05, 3.63) is 12.0 Å². The minimum Gasteiger partial charge on any atom is -0.351 e. The highest BCUT2D eigenvalue weighted by molar-refractivity contribution is 5.94. The van der Waals surface area contributed by atoms with E-state index in [1.165, 1.54) is 0 Å². The van der Waals surface area contributed by atoms with Gasteiger partial charge in [0.1, 0.15) is 11.5 Å². The molecule has 0 aromatic carbocycles. The summed E-state index contributed by atoms with van der Waals surface area (Å²) >= 11 is 0. The summed E-state index contributed by atoms with van der Waals surface area (Å²) in [6.45, 7) is 4.48. The van der Waals surface area contributed by atoms with E-state index in [9.17, 15) is 0 Å². The molecule has 0 amide bonds. The molecule has 2 heterocycles. The SMILES string of the molecule is CCOC1N=C(C)Nc2nc[nH]c21. The number of fused-ring (bicyclic) bond motifs is 1. The Kier molecular flexibility index (Phi) is 2.02. The fourth-order valence-electron chi connectivity index (χ4n) is 1.31. The fraction of sp³-hybridized carbons (Fsp3) is 0.500. The molecule has 1 aromatic heterocycles. The van der Waals surface area contributed by atoms with Gasteiger partial charge in [0.15, 0.2) is 12.0 Å². The third-order valence-electron chi connectivity index (χ3n) is 1.85. The van der Waals surface area contributed by atoms with Gasteiger partial charge in [-0.1, -0.05) is 0 Å². The van der Waals surface area contributed by atoms with E-state index < -0.39 is 0 Å². The second-order valence-corrected chi connectivity index (χ2v) is 2.81. The van der Waals surface area contributed by atoms with Gasteiger partial charge in [-0.2, -0.15) is 0 Å². The van der Waals surface area contributed by atoms with Gasteiger partial charge >= 0.3 is 0 Å². The Hall–Kier alpha value is -1.36. The van der Waals surface area contributed by atoms with Gasteiger partial charge in [0.2, 0.25) is 0 Å². The Balaban J connectivity index is 2.30. The molecule has 0 bridgehead atoms. The Morgan fingerprint density at radius 3 is 3.23 bits per heavy atom. The van der Waals surface area contributed by atoms with E-state index in [4.69, 9.17) is 4.74 Å². The smallest absolute Gasteiger partial charge is 0.194 e. The van der Waals surface area contributed by atoms with E-state index in [2.05, 4.69) is 20.3 Å². The van der Waals surface area contributed by atoms with Gasteiger partial charge in [-0.15, -0.1) is 0 Å². The van der Waals surface area contributed by atoms with E-state index in [0.29, 0.717) is 6.61 Å². The van der Waals surface area contributed by atoms with Crippen molar-refractivity contribution >= 4 is 11.7 Å². The molecular formula is C8H12N4O. The summed E-state index contributed by atoms with van der Waals surface area (Å²) in [5, 5.41) is 3.06. The number of nitrogens with zero attached hydrogens (tertiary/aromatic N) is 2. The van der Waals surface area contributed by atoms with E-state index in [1.54, 1.807) is 6.33 Å². The highest BCUT2D eigenvalue weighted by Crippen LogP contribution is 2.26. The lowest BCUT2D eigenvalue weighted by molar-refractivity contribution is 0.0663. The van der Waals surface area contributed by atoms with E-state index in [0.717, 1.165) is 17.3 Å². The molecule has 70 valence electrons. The van der Waals surface area contributed by atoms with Crippen LogP contribution in [0.3, 0.4) is 0 Å². The number of amidine groups is 1. The number of aromatic nitrogens is 2. The summed E-state index contributed by atoms with van der Waals surface area (Å²) in [6.07, 6.45) is 1.40. The lowest BCUT2D eigenvalue weighted by Gasteiger charge is -2.19. The third kappa shape index (κ3) is 1.42. The van der Waals surface area contributed by atoms with Crippen LogP contribution in [0.4, 0.5) is 5.82 Å². The highest BCUT2D eigenvalue weighted by Gasteiger charge is 2.21. The predicted molar refractivity (Wildman–Crippen MR) is 49.7 cm³/mol. The number of anilines is 1. The lowest BCUT2D eigenvalue weighted by atomic mass is 10.3. The van der Waals surface area contributed by atoms with Gasteiger partial charge in [-0.25, -0.2) is 9.98 Å². The third-order valence-corrected chi connectivity index (χ3v) is 1.85. The molecule has 2 N–H and O–H groups in total. The first-order valence-corrected chi connectivity index (χ1v) is 4.27. The second kappa shape index (κ2) is 3.18. The average molecular weight is 180 g/mol. The number of aliphatic imine (C=N–C) groups is 1. The van der Waals surface area contributed by atoms with Crippen LogP contribution in [0, 0.1) is 0 Å². The standard InChI is InChI=1S/C8H12N4O/c1-3-13-8-6-7(10-4-9-6)11-5(2)12-8/h4,8H,3H2,1-2H3,(H,9,10)(H,11,12). The monoisotopic (exact) mass is 180 g/mol. The lowest BCUT2D eigenvalue weighted by Crippen LogP contribution is -2.19. The Morgan fingerprint density at radius 2 is 2.46 bits per heavy atom. The molecule has 2 rings (SSSR count). The molecule has 0 spiro atoms. The Labute approximate surface area is 76.2 Å². The maximum Gasteiger partial charge on any atom is 0.194 e. The van der Waals surface area contributed by atoms with Crippen molar-refractivity contribution in [3.8, 4) is 0 Å². The molecule has 0 fully saturated rings. The molecule has 0 radical (unpaired) electrons. The first-order valence-electron chi connectivity index (χ1n) is 4.27. The van der Waals surface area contributed by atoms with Gasteiger partial charge < -0.3 is 15.0 Å². The molecule has 5 heteroatoms. The molecule has 0 aliphatic carbocycles. The van der Waals surface area contributed by atoms with Crippen LogP contribution >= 0.6 is 0 Å². The van der Waals surface area contributed by atoms with Crippen LogP contribution in [0.15, 0.2) is 11.3 Å². The summed E-state index contributed by atoms with van der Waals surface area (Å²) in [6, 6.07) is 0. The summed E-state index contributed by atoms with van der Waals surface area (Å²) in [5.41, 5.74) is 0.896. The van der Waals surface area contributed by atoms with Gasteiger partial charge in [-0.05, 0) is 13.8 Å². The summed E-state index contributed by atoms with van der Waals surface area (Å²) < 4.78 is 5.44. The van der Waals surface area contributed by atoms with Gasteiger partial charge in [0.25, 0.3) is 0 Å². The van der Waals surface area contributed by atoms with Crippen molar-refractivity contribution in [1.82, 2.24) is 9.97 Å². The van der Waals surface area contributed by atoms with Crippen molar-refractivity contribution in [2.45, 2.75) is 20.1 Å². The largest absolute Gasteiger partial charge is 0.351 e. The maximum atomic E-state index is 5.44. The molecule has 5 nitrogen and oxygen atoms in total. The van der Waals surface area contributed by atoms with Crippen LogP contribution in [-0.2, 0) is 4.74 Å². The maximum absolute atomic E-state index is 5.44. The Morgan fingerprint density at radius 1 is 1.62 bits per heavy atom. The highest BCUT2D eigenvalue weighted by atomic mass is 16.5. The minimum absolute atomic E-state index is 0.233. The van der Waals surface area contributed by atoms with Crippen LogP contribution in [0.5, 0.6) is 0 Å². The first kappa shape index (κ1) is 8.25. The molecular weight excluding hydrogens is 168 g/mol. The van der Waals surface area contributed by atoms with Crippen molar-refractivity contribution in [3.63, 3.8) is 0 Å². The van der Waals surface area contributed by atoms with Crippen molar-refractivity contribution in [1.29, 1.82) is 0 Å². The van der Waals surface area contributed by atoms with Crippen LogP contribution < -0.4 is 5.32 Å².